The molecule has 2 N–H and O–H groups in total. The average molecular weight is 272 g/mol. The molecule has 1 saturated heterocycles. The number of carboxylic acids is 1. The van der Waals surface area contributed by atoms with Gasteiger partial charge in [-0.1, -0.05) is 13.8 Å². The lowest BCUT2D eigenvalue weighted by Crippen LogP contribution is -2.45. The molecule has 6 heteroatoms. The van der Waals surface area contributed by atoms with Crippen molar-refractivity contribution >= 4 is 12.0 Å². The molecular formula is C13H24N2O4. The zero-order valence-electron chi connectivity index (χ0n) is 12.1. The van der Waals surface area contributed by atoms with Gasteiger partial charge in [-0.05, 0) is 19.3 Å². The number of urea groups is 1. The quantitative estimate of drug-likeness (QED) is 0.795. The van der Waals surface area contributed by atoms with E-state index >= 15 is 0 Å². The summed E-state index contributed by atoms with van der Waals surface area (Å²) in [5.74, 6) is -0.860. The largest absolute Gasteiger partial charge is 0.481 e. The summed E-state index contributed by atoms with van der Waals surface area (Å²) >= 11 is 0. The van der Waals surface area contributed by atoms with Gasteiger partial charge < -0.3 is 20.0 Å². The van der Waals surface area contributed by atoms with Gasteiger partial charge in [0.1, 0.15) is 0 Å². The summed E-state index contributed by atoms with van der Waals surface area (Å²) in [7, 11) is 1.62. The van der Waals surface area contributed by atoms with Gasteiger partial charge in [-0.15, -0.1) is 0 Å². The van der Waals surface area contributed by atoms with Crippen LogP contribution in [0.4, 0.5) is 4.79 Å². The number of carbonyl (C=O) groups is 2. The molecule has 6 nitrogen and oxygen atoms in total. The predicted octanol–water partition coefficient (Wildman–Crippen LogP) is 0.852. The van der Waals surface area contributed by atoms with E-state index in [0.717, 1.165) is 0 Å². The van der Waals surface area contributed by atoms with E-state index in [1.807, 2.05) is 13.8 Å². The molecule has 1 rings (SSSR count). The maximum atomic E-state index is 12.2. The Morgan fingerprint density at radius 1 is 1.37 bits per heavy atom. The first-order valence-corrected chi connectivity index (χ1v) is 6.62. The summed E-state index contributed by atoms with van der Waals surface area (Å²) in [5.41, 5.74) is -0.846. The van der Waals surface area contributed by atoms with Crippen LogP contribution in [0.5, 0.6) is 0 Å². The molecule has 0 aromatic carbocycles. The Labute approximate surface area is 114 Å². The second kappa shape index (κ2) is 5.77. The normalized spacial score (nSPS) is 24.6. The van der Waals surface area contributed by atoms with Gasteiger partial charge >= 0.3 is 12.0 Å². The second-order valence-electron chi connectivity index (χ2n) is 5.80. The fourth-order valence-electron chi connectivity index (χ4n) is 2.61. The Balaban J connectivity index is 2.74. The molecule has 19 heavy (non-hydrogen) atoms. The number of aliphatic hydroxyl groups excluding tert-OH is 1. The molecule has 1 heterocycles. The van der Waals surface area contributed by atoms with Crippen LogP contribution in [0, 0.1) is 11.3 Å². The number of aliphatic hydroxyl groups is 1. The highest BCUT2D eigenvalue weighted by Gasteiger charge is 2.48. The van der Waals surface area contributed by atoms with Crippen LogP contribution in [0.25, 0.3) is 0 Å². The number of hydrogen-bond acceptors (Lipinski definition) is 3. The lowest BCUT2D eigenvalue weighted by Gasteiger charge is -2.30. The molecule has 2 unspecified atom stereocenters. The summed E-state index contributed by atoms with van der Waals surface area (Å²) in [6, 6.07) is -0.218. The van der Waals surface area contributed by atoms with Gasteiger partial charge in [-0.3, -0.25) is 4.79 Å². The molecule has 1 aliphatic rings. The van der Waals surface area contributed by atoms with Crippen molar-refractivity contribution in [2.24, 2.45) is 11.3 Å². The summed E-state index contributed by atoms with van der Waals surface area (Å²) < 4.78 is 0. The van der Waals surface area contributed by atoms with Crippen molar-refractivity contribution in [3.05, 3.63) is 0 Å². The Hall–Kier alpha value is -1.30. The van der Waals surface area contributed by atoms with Crippen molar-refractivity contribution in [3.63, 3.8) is 0 Å². The highest BCUT2D eigenvalue weighted by molar-refractivity contribution is 5.80. The highest BCUT2D eigenvalue weighted by atomic mass is 16.4. The minimum atomic E-state index is -0.846. The third kappa shape index (κ3) is 3.18. The smallest absolute Gasteiger partial charge is 0.319 e. The second-order valence-corrected chi connectivity index (χ2v) is 5.80. The molecule has 0 aliphatic carbocycles. The Morgan fingerprint density at radius 3 is 2.32 bits per heavy atom. The lowest BCUT2D eigenvalue weighted by molar-refractivity contribution is -0.150. The predicted molar refractivity (Wildman–Crippen MR) is 70.8 cm³/mol. The molecule has 0 bridgehead atoms. The molecule has 110 valence electrons. The van der Waals surface area contributed by atoms with E-state index in [1.165, 1.54) is 4.90 Å². The van der Waals surface area contributed by atoms with Gasteiger partial charge in [-0.25, -0.2) is 4.79 Å². The number of carbonyl (C=O) groups excluding carboxylic acids is 1. The van der Waals surface area contributed by atoms with Crippen molar-refractivity contribution in [1.29, 1.82) is 0 Å². The molecule has 1 fully saturated rings. The summed E-state index contributed by atoms with van der Waals surface area (Å²) in [4.78, 5) is 26.7. The number of hydrogen-bond donors (Lipinski definition) is 2. The van der Waals surface area contributed by atoms with Crippen LogP contribution in [-0.2, 0) is 4.79 Å². The molecule has 2 atom stereocenters. The van der Waals surface area contributed by atoms with Crippen LogP contribution < -0.4 is 0 Å². The first kappa shape index (κ1) is 15.8. The number of likely N-dealkylation sites (tertiary alicyclic amines) is 1. The highest BCUT2D eigenvalue weighted by Crippen LogP contribution is 2.38. The minimum absolute atomic E-state index is 0.0233. The molecule has 2 amide bonds. The topological polar surface area (TPSA) is 81.1 Å². The van der Waals surface area contributed by atoms with E-state index in [9.17, 15) is 19.8 Å². The zero-order valence-corrected chi connectivity index (χ0v) is 12.1. The third-order valence-electron chi connectivity index (χ3n) is 3.97. The minimum Gasteiger partial charge on any atom is -0.481 e. The molecule has 0 spiro atoms. The van der Waals surface area contributed by atoms with Crippen molar-refractivity contribution in [1.82, 2.24) is 9.80 Å². The number of carboxylic acid groups (broad SMARTS) is 1. The summed E-state index contributed by atoms with van der Waals surface area (Å²) in [6.45, 7) is 6.31. The maximum absolute atomic E-state index is 12.2. The fourth-order valence-corrected chi connectivity index (χ4v) is 2.61. The number of nitrogens with zero attached hydrogens (tertiary/aromatic N) is 2. The van der Waals surface area contributed by atoms with Gasteiger partial charge in [0.2, 0.25) is 0 Å². The van der Waals surface area contributed by atoms with Gasteiger partial charge in [-0.2, -0.15) is 0 Å². The first-order chi connectivity index (χ1) is 8.70. The van der Waals surface area contributed by atoms with E-state index < -0.39 is 17.5 Å². The summed E-state index contributed by atoms with van der Waals surface area (Å²) in [6.07, 6.45) is -0.111. The van der Waals surface area contributed by atoms with E-state index in [0.29, 0.717) is 13.0 Å². The number of aliphatic carboxylic acids is 1. The van der Waals surface area contributed by atoms with E-state index in [4.69, 9.17) is 0 Å². The van der Waals surface area contributed by atoms with Crippen LogP contribution in [-0.4, -0.2) is 64.8 Å². The number of amides is 2. The summed E-state index contributed by atoms with van der Waals surface area (Å²) in [5, 5.41) is 18.7. The van der Waals surface area contributed by atoms with Crippen molar-refractivity contribution in [2.45, 2.75) is 33.3 Å². The Bertz CT molecular complexity index is 357. The standard InChI is InChI=1S/C13H24N2O4/c1-9(2)13(11(17)18)5-6-15(8-13)12(19)14(4)7-10(3)16/h9-10,16H,5-8H2,1-4H3,(H,17,18). The van der Waals surface area contributed by atoms with E-state index in [-0.39, 0.29) is 25.0 Å². The third-order valence-corrected chi connectivity index (χ3v) is 3.97. The molecule has 0 aromatic rings. The maximum Gasteiger partial charge on any atom is 0.319 e. The van der Waals surface area contributed by atoms with E-state index in [2.05, 4.69) is 0 Å². The van der Waals surface area contributed by atoms with Crippen molar-refractivity contribution in [3.8, 4) is 0 Å². The Kier molecular flexibility index (Phi) is 4.79. The first-order valence-electron chi connectivity index (χ1n) is 6.62. The molecule has 0 saturated carbocycles. The van der Waals surface area contributed by atoms with Crippen LogP contribution in [0.3, 0.4) is 0 Å². The molecular weight excluding hydrogens is 248 g/mol. The molecule has 0 radical (unpaired) electrons. The number of rotatable bonds is 4. The van der Waals surface area contributed by atoms with Crippen LogP contribution >= 0.6 is 0 Å². The molecule has 0 aromatic heterocycles. The average Bonchev–Trinajstić information content (AvgIpc) is 2.72. The Morgan fingerprint density at radius 2 is 1.95 bits per heavy atom. The number of likely N-dealkylation sites (N-methyl/N-ethyl adjacent to an activating group) is 1. The van der Waals surface area contributed by atoms with Gasteiger partial charge in [0, 0.05) is 26.7 Å². The lowest BCUT2D eigenvalue weighted by atomic mass is 9.76. The van der Waals surface area contributed by atoms with E-state index in [1.54, 1.807) is 18.9 Å². The van der Waals surface area contributed by atoms with Gasteiger partial charge in [0.25, 0.3) is 0 Å². The SMILES string of the molecule is CC(O)CN(C)C(=O)N1CCC(C(=O)O)(C(C)C)C1. The monoisotopic (exact) mass is 272 g/mol. The van der Waals surface area contributed by atoms with Gasteiger partial charge in [0.05, 0.1) is 11.5 Å². The van der Waals surface area contributed by atoms with Crippen LogP contribution in [0.15, 0.2) is 0 Å². The zero-order chi connectivity index (χ0) is 14.8. The van der Waals surface area contributed by atoms with Crippen molar-refractivity contribution < 1.29 is 19.8 Å². The van der Waals surface area contributed by atoms with Gasteiger partial charge in [0.15, 0.2) is 0 Å². The van der Waals surface area contributed by atoms with Crippen LogP contribution in [0.2, 0.25) is 0 Å². The van der Waals surface area contributed by atoms with Crippen LogP contribution in [0.1, 0.15) is 27.2 Å². The fraction of sp³-hybridized carbons (Fsp3) is 0.846. The molecule has 1 aliphatic heterocycles. The van der Waals surface area contributed by atoms with Crippen molar-refractivity contribution in [2.75, 3.05) is 26.7 Å².